The van der Waals surface area contributed by atoms with E-state index in [0.717, 1.165) is 5.69 Å². The van der Waals surface area contributed by atoms with Crippen LogP contribution < -0.4 is 4.90 Å². The molecule has 3 rings (SSSR count). The highest BCUT2D eigenvalue weighted by Gasteiger charge is 2.59. The average Bonchev–Trinajstić information content (AvgIpc) is 3.13. The van der Waals surface area contributed by atoms with Gasteiger partial charge in [-0.25, -0.2) is 0 Å². The predicted molar refractivity (Wildman–Crippen MR) is 59.3 cm³/mol. The maximum absolute atomic E-state index is 9.91. The van der Waals surface area contributed by atoms with Crippen molar-refractivity contribution < 1.29 is 14.6 Å². The minimum atomic E-state index is -0.343. The number of phenols is 1. The molecule has 2 unspecified atom stereocenters. The van der Waals surface area contributed by atoms with Crippen molar-refractivity contribution in [3.05, 3.63) is 24.3 Å². The summed E-state index contributed by atoms with van der Waals surface area (Å²) in [6, 6.07) is 7.28. The number of aromatic hydroxyl groups is 1. The Morgan fingerprint density at radius 1 is 1.12 bits per heavy atom. The van der Waals surface area contributed by atoms with Gasteiger partial charge in [-0.05, 0) is 26.0 Å². The van der Waals surface area contributed by atoms with Crippen molar-refractivity contribution >= 4 is 5.69 Å². The van der Waals surface area contributed by atoms with E-state index in [2.05, 4.69) is 0 Å². The van der Waals surface area contributed by atoms with Crippen molar-refractivity contribution in [1.82, 2.24) is 0 Å². The number of benzene rings is 1. The quantitative estimate of drug-likeness (QED) is 0.789. The Morgan fingerprint density at radius 3 is 2.06 bits per heavy atom. The highest BCUT2D eigenvalue weighted by atomic mass is 16.7. The molecule has 1 aromatic carbocycles. The number of hydrogen-bond donors (Lipinski definition) is 1. The zero-order valence-corrected chi connectivity index (χ0v) is 9.43. The summed E-state index contributed by atoms with van der Waals surface area (Å²) < 4.78 is 10.9. The molecule has 0 bridgehead atoms. The number of para-hydroxylation sites is 2. The Labute approximate surface area is 94.4 Å². The second-order valence-electron chi connectivity index (χ2n) is 4.75. The lowest BCUT2D eigenvalue weighted by Crippen LogP contribution is -2.46. The Bertz CT molecular complexity index is 406. The first-order valence-electron chi connectivity index (χ1n) is 5.41. The summed E-state index contributed by atoms with van der Waals surface area (Å²) >= 11 is 0. The van der Waals surface area contributed by atoms with Gasteiger partial charge in [0.2, 0.25) is 0 Å². The zero-order valence-electron chi connectivity index (χ0n) is 9.43. The average molecular weight is 221 g/mol. The van der Waals surface area contributed by atoms with Crippen LogP contribution in [0.15, 0.2) is 24.3 Å². The summed E-state index contributed by atoms with van der Waals surface area (Å²) in [6.45, 7) is 5.35. The monoisotopic (exact) mass is 221 g/mol. The smallest absolute Gasteiger partial charge is 0.164 e. The minimum absolute atomic E-state index is 0.260. The molecule has 2 fully saturated rings. The van der Waals surface area contributed by atoms with Crippen LogP contribution in [0.25, 0.3) is 0 Å². The largest absolute Gasteiger partial charge is 0.506 e. The van der Waals surface area contributed by atoms with Crippen LogP contribution in [-0.2, 0) is 9.47 Å². The molecule has 86 valence electrons. The molecule has 2 atom stereocenters. The molecule has 2 aliphatic heterocycles. The molecule has 0 spiro atoms. The van der Waals surface area contributed by atoms with Gasteiger partial charge in [-0.2, -0.15) is 0 Å². The van der Waals surface area contributed by atoms with Crippen LogP contribution in [0.3, 0.4) is 0 Å². The van der Waals surface area contributed by atoms with Gasteiger partial charge in [-0.15, -0.1) is 0 Å². The van der Waals surface area contributed by atoms with E-state index in [4.69, 9.17) is 9.47 Å². The first-order valence-corrected chi connectivity index (χ1v) is 5.41. The second-order valence-corrected chi connectivity index (χ2v) is 4.75. The first-order chi connectivity index (χ1) is 7.55. The van der Waals surface area contributed by atoms with Crippen LogP contribution in [0.4, 0.5) is 5.69 Å². The van der Waals surface area contributed by atoms with Gasteiger partial charge in [-0.3, -0.25) is 0 Å². The van der Waals surface area contributed by atoms with Gasteiger partial charge in [0.05, 0.1) is 18.9 Å². The first kappa shape index (κ1) is 9.93. The molecule has 2 aliphatic rings. The third kappa shape index (κ3) is 1.37. The van der Waals surface area contributed by atoms with E-state index in [1.54, 1.807) is 6.07 Å². The lowest BCUT2D eigenvalue weighted by atomic mass is 10.1. The lowest BCUT2D eigenvalue weighted by Gasteiger charge is -2.33. The molecule has 1 aromatic rings. The van der Waals surface area contributed by atoms with E-state index in [0.29, 0.717) is 13.2 Å². The Hall–Kier alpha value is -1.26. The maximum Gasteiger partial charge on any atom is 0.164 e. The van der Waals surface area contributed by atoms with Crippen molar-refractivity contribution in [2.75, 3.05) is 18.1 Å². The normalized spacial score (nSPS) is 35.9. The minimum Gasteiger partial charge on any atom is -0.506 e. The second kappa shape index (κ2) is 2.90. The fraction of sp³-hybridized carbons (Fsp3) is 0.500. The molecule has 2 heterocycles. The summed E-state index contributed by atoms with van der Waals surface area (Å²) in [5.74, 6) is 0.260. The molecule has 16 heavy (non-hydrogen) atoms. The van der Waals surface area contributed by atoms with Crippen LogP contribution in [-0.4, -0.2) is 29.8 Å². The van der Waals surface area contributed by atoms with Gasteiger partial charge < -0.3 is 19.5 Å². The highest BCUT2D eigenvalue weighted by molar-refractivity contribution is 5.61. The maximum atomic E-state index is 9.91. The predicted octanol–water partition coefficient (Wildman–Crippen LogP) is 1.69. The summed E-state index contributed by atoms with van der Waals surface area (Å²) in [7, 11) is 0. The van der Waals surface area contributed by atoms with E-state index in [1.807, 2.05) is 36.9 Å². The summed E-state index contributed by atoms with van der Waals surface area (Å²) in [5, 5.41) is 9.91. The molecule has 2 saturated heterocycles. The fourth-order valence-electron chi connectivity index (χ4n) is 2.13. The number of epoxide rings is 2. The molecule has 0 radical (unpaired) electrons. The number of hydrogen-bond acceptors (Lipinski definition) is 4. The van der Waals surface area contributed by atoms with Crippen LogP contribution >= 0.6 is 0 Å². The topological polar surface area (TPSA) is 48.5 Å². The SMILES string of the molecule is CC1(N(c2ccccc2O)C2(C)CO2)CO1. The molecule has 0 amide bonds. The van der Waals surface area contributed by atoms with Crippen molar-refractivity contribution in [1.29, 1.82) is 0 Å². The van der Waals surface area contributed by atoms with Gasteiger partial charge in [-0.1, -0.05) is 12.1 Å². The fourth-order valence-corrected chi connectivity index (χ4v) is 2.13. The van der Waals surface area contributed by atoms with E-state index in [9.17, 15) is 5.11 Å². The van der Waals surface area contributed by atoms with Gasteiger partial charge in [0.25, 0.3) is 0 Å². The highest BCUT2D eigenvalue weighted by Crippen LogP contribution is 2.48. The van der Waals surface area contributed by atoms with Gasteiger partial charge >= 0.3 is 0 Å². The molecule has 4 nitrogen and oxygen atoms in total. The zero-order chi connectivity index (χ0) is 11.4. The van der Waals surface area contributed by atoms with E-state index < -0.39 is 0 Å². The van der Waals surface area contributed by atoms with E-state index in [1.165, 1.54) is 0 Å². The Balaban J connectivity index is 2.04. The van der Waals surface area contributed by atoms with Crippen LogP contribution in [0, 0.1) is 0 Å². The number of ether oxygens (including phenoxy) is 2. The van der Waals surface area contributed by atoms with Crippen LogP contribution in [0.5, 0.6) is 5.75 Å². The summed E-state index contributed by atoms with van der Waals surface area (Å²) in [4.78, 5) is 2.02. The Morgan fingerprint density at radius 2 is 1.62 bits per heavy atom. The van der Waals surface area contributed by atoms with Crippen LogP contribution in [0.2, 0.25) is 0 Å². The summed E-state index contributed by atoms with van der Waals surface area (Å²) in [5.41, 5.74) is 0.0799. The van der Waals surface area contributed by atoms with Crippen molar-refractivity contribution in [3.8, 4) is 5.75 Å². The molecule has 1 N–H and O–H groups in total. The lowest BCUT2D eigenvalue weighted by molar-refractivity contribution is 0.229. The van der Waals surface area contributed by atoms with Crippen molar-refractivity contribution in [3.63, 3.8) is 0 Å². The number of phenolic OH excluding ortho intramolecular Hbond substituents is 1. The van der Waals surface area contributed by atoms with E-state index in [-0.39, 0.29) is 17.2 Å². The third-order valence-electron chi connectivity index (χ3n) is 3.19. The van der Waals surface area contributed by atoms with Gasteiger partial charge in [0.15, 0.2) is 11.4 Å². The van der Waals surface area contributed by atoms with Crippen LogP contribution in [0.1, 0.15) is 13.8 Å². The standard InChI is InChI=1S/C12H15NO3/c1-11(7-15-11)13(12(2)8-16-12)9-5-3-4-6-10(9)14/h3-6,14H,7-8H2,1-2H3. The van der Waals surface area contributed by atoms with Crippen molar-refractivity contribution in [2.24, 2.45) is 0 Å². The third-order valence-corrected chi connectivity index (χ3v) is 3.19. The van der Waals surface area contributed by atoms with Gasteiger partial charge in [0, 0.05) is 0 Å². The molecule has 0 aliphatic carbocycles. The summed E-state index contributed by atoms with van der Waals surface area (Å²) in [6.07, 6.45) is 0. The molecule has 0 aromatic heterocycles. The number of anilines is 1. The molecular formula is C12H15NO3. The van der Waals surface area contributed by atoms with Gasteiger partial charge in [0.1, 0.15) is 5.75 Å². The molecular weight excluding hydrogens is 206 g/mol. The molecule has 0 saturated carbocycles. The number of nitrogens with zero attached hydrogens (tertiary/aromatic N) is 1. The van der Waals surface area contributed by atoms with E-state index >= 15 is 0 Å². The number of rotatable bonds is 3. The van der Waals surface area contributed by atoms with Crippen molar-refractivity contribution in [2.45, 2.75) is 25.3 Å². The Kier molecular flexibility index (Phi) is 1.80. The molecule has 4 heteroatoms.